The third-order valence-electron chi connectivity index (χ3n) is 5.05. The summed E-state index contributed by atoms with van der Waals surface area (Å²) in [6.45, 7) is -2.09. The number of nitrogens with one attached hydrogen (secondary N) is 2. The maximum Gasteiger partial charge on any atom is 0.349 e. The first-order valence-electron chi connectivity index (χ1n) is 11.5. The number of hydrogen-bond donors (Lipinski definition) is 2. The number of fused-ring (bicyclic) bond motifs is 1. The summed E-state index contributed by atoms with van der Waals surface area (Å²) < 4.78 is 61.3. The number of amides is 4. The number of alkyl halides is 2. The number of piperidine rings is 1. The van der Waals surface area contributed by atoms with E-state index in [1.54, 1.807) is 0 Å². The van der Waals surface area contributed by atoms with Gasteiger partial charge in [-0.1, -0.05) is 35.9 Å². The van der Waals surface area contributed by atoms with Gasteiger partial charge in [-0.25, -0.2) is 0 Å². The minimum Gasteiger partial charge on any atom is -0.346 e. The summed E-state index contributed by atoms with van der Waals surface area (Å²) in [5.74, 6) is -8.52. The van der Waals surface area contributed by atoms with Gasteiger partial charge in [-0.2, -0.15) is 8.78 Å². The van der Waals surface area contributed by atoms with E-state index < -0.39 is 60.5 Å². The highest BCUT2D eigenvalue weighted by molar-refractivity contribution is 6.30. The monoisotopic (exact) mass is 465 g/mol. The number of benzene rings is 2. The number of halogens is 3. The van der Waals surface area contributed by atoms with Crippen LogP contribution in [-0.4, -0.2) is 34.6 Å². The van der Waals surface area contributed by atoms with Crippen molar-refractivity contribution in [3.63, 3.8) is 0 Å². The van der Waals surface area contributed by atoms with E-state index in [9.17, 15) is 28.0 Å². The van der Waals surface area contributed by atoms with E-state index >= 15 is 0 Å². The molecular formula is C22H18ClF2N3O4. The summed E-state index contributed by atoms with van der Waals surface area (Å²) in [6.07, 6.45) is -3.10. The van der Waals surface area contributed by atoms with Gasteiger partial charge in [-0.15, -0.1) is 0 Å². The van der Waals surface area contributed by atoms with Crippen molar-refractivity contribution in [2.45, 2.75) is 37.8 Å². The molecule has 1 fully saturated rings. The van der Waals surface area contributed by atoms with Crippen molar-refractivity contribution in [2.75, 3.05) is 0 Å². The molecule has 0 bridgehead atoms. The van der Waals surface area contributed by atoms with E-state index in [2.05, 4.69) is 0 Å². The Morgan fingerprint density at radius 3 is 2.72 bits per heavy atom. The van der Waals surface area contributed by atoms with Gasteiger partial charge in [0.1, 0.15) is 6.04 Å². The fourth-order valence-corrected chi connectivity index (χ4v) is 3.54. The summed E-state index contributed by atoms with van der Waals surface area (Å²) in [4.78, 5) is 50.2. The summed E-state index contributed by atoms with van der Waals surface area (Å²) in [7, 11) is 0. The zero-order valence-corrected chi connectivity index (χ0v) is 17.0. The predicted octanol–water partition coefficient (Wildman–Crippen LogP) is 2.51. The largest absolute Gasteiger partial charge is 0.349 e. The Morgan fingerprint density at radius 1 is 1.28 bits per heavy atom. The van der Waals surface area contributed by atoms with Crippen LogP contribution in [0.1, 0.15) is 44.0 Å². The molecule has 4 atom stereocenters. The molecule has 166 valence electrons. The Morgan fingerprint density at radius 2 is 2.00 bits per heavy atom. The molecule has 2 N–H and O–H groups in total. The number of carbonyl (C=O) groups excluding carboxylic acids is 4. The van der Waals surface area contributed by atoms with Crippen molar-refractivity contribution in [1.82, 2.24) is 15.5 Å². The molecule has 7 nitrogen and oxygen atoms in total. The molecule has 2 aromatic rings. The molecule has 0 aliphatic carbocycles. The van der Waals surface area contributed by atoms with Crippen LogP contribution in [0.3, 0.4) is 0 Å². The molecule has 10 heteroatoms. The van der Waals surface area contributed by atoms with Crippen LogP contribution in [0, 0.1) is 0 Å². The maximum atomic E-state index is 14.7. The van der Waals surface area contributed by atoms with Crippen LogP contribution in [0.5, 0.6) is 0 Å². The Hall–Kier alpha value is -3.33. The third-order valence-corrected chi connectivity index (χ3v) is 5.30. The lowest BCUT2D eigenvalue weighted by Crippen LogP contribution is -2.52. The molecule has 2 heterocycles. The molecular weight excluding hydrogens is 444 g/mol. The van der Waals surface area contributed by atoms with Gasteiger partial charge in [-0.3, -0.25) is 24.5 Å². The molecule has 4 amide bonds. The SMILES string of the molecule is [2H]C1C(=O)NC(=O)C(N2Cc3cc(C([2H])N([2H])C(=O)C(F)(F)c4ccc(Cl)cc4)ccc3C2=O)C1[2H]. The molecule has 0 aromatic heterocycles. The highest BCUT2D eigenvalue weighted by Crippen LogP contribution is 2.30. The minimum absolute atomic E-state index is 0.0391. The Bertz CT molecular complexity index is 1270. The average Bonchev–Trinajstić information content (AvgIpc) is 3.16. The molecule has 0 saturated carbocycles. The predicted molar refractivity (Wildman–Crippen MR) is 110 cm³/mol. The smallest absolute Gasteiger partial charge is 0.346 e. The average molecular weight is 466 g/mol. The Labute approximate surface area is 192 Å². The summed E-state index contributed by atoms with van der Waals surface area (Å²) in [5.41, 5.74) is -0.349. The Balaban J connectivity index is 1.55. The minimum atomic E-state index is -4.10. The summed E-state index contributed by atoms with van der Waals surface area (Å²) in [5, 5.41) is 1.97. The van der Waals surface area contributed by atoms with Crippen LogP contribution >= 0.6 is 11.6 Å². The van der Waals surface area contributed by atoms with Crippen LogP contribution in [0.2, 0.25) is 6.43 Å². The van der Waals surface area contributed by atoms with Crippen LogP contribution in [0.4, 0.5) is 8.78 Å². The molecule has 0 radical (unpaired) electrons. The first-order chi connectivity index (χ1) is 16.8. The van der Waals surface area contributed by atoms with Gasteiger partial charge < -0.3 is 10.2 Å². The lowest BCUT2D eigenvalue weighted by atomic mass is 10.0. The molecule has 2 aliphatic heterocycles. The second-order valence-corrected chi connectivity index (χ2v) is 7.59. The molecule has 2 aromatic carbocycles. The number of nitrogens with zero attached hydrogens (tertiary/aromatic N) is 1. The van der Waals surface area contributed by atoms with Crippen molar-refractivity contribution >= 4 is 35.2 Å². The highest BCUT2D eigenvalue weighted by atomic mass is 35.5. The normalized spacial score (nSPS) is 25.8. The standard InChI is InChI=1S/C22H18ClF2N3O4/c23-15-4-2-14(3-5-15)22(24,25)21(32)26-10-12-1-6-16-13(9-12)11-28(20(16)31)17-7-8-18(29)27-19(17)30/h1-6,9,17H,7-8,10-11H2,(H,26,32)(H,27,29,30)/i7D,8D,10D/hD. The van der Waals surface area contributed by atoms with Gasteiger partial charge >= 0.3 is 5.92 Å². The van der Waals surface area contributed by atoms with Crippen LogP contribution in [-0.2, 0) is 33.4 Å². The number of hydrogen-bond acceptors (Lipinski definition) is 4. The third kappa shape index (κ3) is 4.08. The van der Waals surface area contributed by atoms with Crippen LogP contribution in [0.25, 0.3) is 0 Å². The van der Waals surface area contributed by atoms with E-state index in [0.717, 1.165) is 17.0 Å². The molecule has 4 rings (SSSR count). The quantitative estimate of drug-likeness (QED) is 0.663. The second-order valence-electron chi connectivity index (χ2n) is 7.15. The zero-order chi connectivity index (χ0) is 26.5. The van der Waals surface area contributed by atoms with Crippen LogP contribution in [0.15, 0.2) is 42.5 Å². The van der Waals surface area contributed by atoms with E-state index in [-0.39, 0.29) is 33.6 Å². The fraction of sp³-hybridized carbons (Fsp3) is 0.273. The highest BCUT2D eigenvalue weighted by Gasteiger charge is 2.41. The topological polar surface area (TPSA) is 95.6 Å². The van der Waals surface area contributed by atoms with Gasteiger partial charge in [0.25, 0.3) is 11.8 Å². The first kappa shape index (κ1) is 17.3. The van der Waals surface area contributed by atoms with Crippen molar-refractivity contribution in [3.05, 3.63) is 69.7 Å². The molecule has 2 aliphatic rings. The van der Waals surface area contributed by atoms with Crippen molar-refractivity contribution in [3.8, 4) is 0 Å². The lowest BCUT2D eigenvalue weighted by molar-refractivity contribution is -0.147. The number of carbonyl (C=O) groups is 4. The van der Waals surface area contributed by atoms with E-state index in [1.807, 2.05) is 5.32 Å². The molecule has 1 saturated heterocycles. The number of imide groups is 1. The molecule has 32 heavy (non-hydrogen) atoms. The van der Waals surface area contributed by atoms with Gasteiger partial charge in [0.05, 0.1) is 1.37 Å². The van der Waals surface area contributed by atoms with Crippen molar-refractivity contribution < 1.29 is 33.5 Å². The van der Waals surface area contributed by atoms with Gasteiger partial charge in [0, 0.05) is 38.4 Å². The summed E-state index contributed by atoms with van der Waals surface area (Å²) in [6, 6.07) is 6.59. The molecule has 0 spiro atoms. The van der Waals surface area contributed by atoms with E-state index in [0.29, 0.717) is 0 Å². The summed E-state index contributed by atoms with van der Waals surface area (Å²) >= 11 is 5.69. The van der Waals surface area contributed by atoms with Gasteiger partial charge in [0.15, 0.2) is 1.41 Å². The number of rotatable bonds is 5. The first-order valence-corrected chi connectivity index (χ1v) is 9.74. The van der Waals surface area contributed by atoms with Crippen molar-refractivity contribution in [1.29, 1.82) is 0 Å². The Kier molecular flexibility index (Phi) is 4.48. The molecule has 4 unspecified atom stereocenters. The van der Waals surface area contributed by atoms with Gasteiger partial charge in [-0.05, 0) is 35.7 Å². The zero-order valence-electron chi connectivity index (χ0n) is 20.2. The second kappa shape index (κ2) is 8.31. The van der Waals surface area contributed by atoms with E-state index in [4.69, 9.17) is 17.1 Å². The fourth-order valence-electron chi connectivity index (χ4n) is 3.41. The maximum absolute atomic E-state index is 14.7. The van der Waals surface area contributed by atoms with Crippen molar-refractivity contribution in [2.24, 2.45) is 0 Å². The lowest BCUT2D eigenvalue weighted by Gasteiger charge is -2.29. The van der Waals surface area contributed by atoms with Gasteiger partial charge in [0.2, 0.25) is 11.8 Å². The van der Waals surface area contributed by atoms with E-state index in [1.165, 1.54) is 30.3 Å². The van der Waals surface area contributed by atoms with Crippen LogP contribution < -0.4 is 10.6 Å².